The van der Waals surface area contributed by atoms with E-state index < -0.39 is 0 Å². The van der Waals surface area contributed by atoms with Gasteiger partial charge in [0.05, 0.1) is 12.2 Å². The summed E-state index contributed by atoms with van der Waals surface area (Å²) >= 11 is 1.47. The topological polar surface area (TPSA) is 54.0 Å². The number of nitrogens with one attached hydrogen (secondary N) is 2. The Morgan fingerprint density at radius 1 is 1.35 bits per heavy atom. The number of carbonyl (C=O) groups is 1. The Morgan fingerprint density at radius 2 is 2.13 bits per heavy atom. The predicted octanol–water partition coefficient (Wildman–Crippen LogP) is 3.79. The van der Waals surface area contributed by atoms with E-state index in [-0.39, 0.29) is 18.3 Å². The maximum absolute atomic E-state index is 11.9. The van der Waals surface area contributed by atoms with E-state index in [1.807, 2.05) is 5.38 Å². The Kier molecular flexibility index (Phi) is 6.16. The molecule has 2 aromatic rings. The van der Waals surface area contributed by atoms with Gasteiger partial charge in [0.1, 0.15) is 0 Å². The molecule has 1 aliphatic rings. The smallest absolute Gasteiger partial charge is 0.240 e. The van der Waals surface area contributed by atoms with E-state index in [1.54, 1.807) is 0 Å². The van der Waals surface area contributed by atoms with E-state index >= 15 is 0 Å². The van der Waals surface area contributed by atoms with Crippen LogP contribution in [0.1, 0.15) is 24.0 Å². The molecule has 0 radical (unpaired) electrons. The quantitative estimate of drug-likeness (QED) is 0.832. The Hall–Kier alpha value is -1.43. The van der Waals surface area contributed by atoms with E-state index in [9.17, 15) is 4.79 Å². The number of amides is 1. The number of aryl methyl sites for hydroxylation is 2. The lowest BCUT2D eigenvalue weighted by Gasteiger charge is -2.04. The Bertz CT molecular complexity index is 682. The van der Waals surface area contributed by atoms with Gasteiger partial charge in [0, 0.05) is 10.9 Å². The zero-order chi connectivity index (χ0) is 15.5. The molecule has 6 heteroatoms. The van der Waals surface area contributed by atoms with Crippen LogP contribution in [0.25, 0.3) is 11.3 Å². The summed E-state index contributed by atoms with van der Waals surface area (Å²) < 4.78 is 0. The molecule has 1 aromatic carbocycles. The van der Waals surface area contributed by atoms with Crippen LogP contribution in [0.2, 0.25) is 0 Å². The van der Waals surface area contributed by atoms with Crippen LogP contribution in [0.4, 0.5) is 5.13 Å². The second-order valence-corrected chi connectivity index (χ2v) is 6.84. The first-order chi connectivity index (χ1) is 10.6. The molecule has 1 fully saturated rings. The lowest BCUT2D eigenvalue weighted by Crippen LogP contribution is -2.29. The van der Waals surface area contributed by atoms with Gasteiger partial charge in [-0.05, 0) is 44.7 Å². The first-order valence-electron chi connectivity index (χ1n) is 7.65. The SMILES string of the molecule is Cc1ccc(-c2csc(NC(=O)CNCC3CC3)n2)c(C)c1.Cl. The first-order valence-corrected chi connectivity index (χ1v) is 8.53. The molecule has 1 saturated carbocycles. The van der Waals surface area contributed by atoms with Gasteiger partial charge < -0.3 is 10.6 Å². The summed E-state index contributed by atoms with van der Waals surface area (Å²) in [6.07, 6.45) is 2.58. The highest BCUT2D eigenvalue weighted by atomic mass is 35.5. The molecule has 0 aliphatic heterocycles. The number of benzene rings is 1. The van der Waals surface area contributed by atoms with E-state index in [0.29, 0.717) is 11.7 Å². The number of hydrogen-bond donors (Lipinski definition) is 2. The van der Waals surface area contributed by atoms with Crippen LogP contribution < -0.4 is 10.6 Å². The molecule has 4 nitrogen and oxygen atoms in total. The number of anilines is 1. The fourth-order valence-electron chi connectivity index (χ4n) is 2.43. The summed E-state index contributed by atoms with van der Waals surface area (Å²) in [6, 6.07) is 6.32. The minimum atomic E-state index is -0.0258. The molecule has 0 bridgehead atoms. The third kappa shape index (κ3) is 5.03. The molecule has 1 amide bonds. The van der Waals surface area contributed by atoms with Crippen molar-refractivity contribution in [2.45, 2.75) is 26.7 Å². The summed E-state index contributed by atoms with van der Waals surface area (Å²) in [7, 11) is 0. The standard InChI is InChI=1S/C17H21N3OS.ClH/c1-11-3-6-14(12(2)7-11)15-10-22-17(19-15)20-16(21)9-18-8-13-4-5-13;/h3,6-7,10,13,18H,4-5,8-9H2,1-2H3,(H,19,20,21);1H. The average Bonchev–Trinajstić information content (AvgIpc) is 3.17. The largest absolute Gasteiger partial charge is 0.308 e. The van der Waals surface area contributed by atoms with Crippen molar-refractivity contribution in [3.8, 4) is 11.3 Å². The van der Waals surface area contributed by atoms with Crippen LogP contribution in [0.5, 0.6) is 0 Å². The highest BCUT2D eigenvalue weighted by Crippen LogP contribution is 2.28. The summed E-state index contributed by atoms with van der Waals surface area (Å²) in [5.41, 5.74) is 4.49. The predicted molar refractivity (Wildman–Crippen MR) is 98.5 cm³/mol. The molecule has 1 aromatic heterocycles. The van der Waals surface area contributed by atoms with E-state index in [1.165, 1.54) is 35.3 Å². The summed E-state index contributed by atoms with van der Waals surface area (Å²) in [4.78, 5) is 16.4. The van der Waals surface area contributed by atoms with Crippen LogP contribution in [-0.4, -0.2) is 24.0 Å². The molecule has 124 valence electrons. The van der Waals surface area contributed by atoms with Crippen molar-refractivity contribution in [2.24, 2.45) is 5.92 Å². The third-order valence-electron chi connectivity index (χ3n) is 3.82. The molecule has 23 heavy (non-hydrogen) atoms. The van der Waals surface area contributed by atoms with Gasteiger partial charge in [0.15, 0.2) is 5.13 Å². The number of aromatic nitrogens is 1. The Labute approximate surface area is 147 Å². The maximum atomic E-state index is 11.9. The van der Waals surface area contributed by atoms with E-state index in [2.05, 4.69) is 47.7 Å². The van der Waals surface area contributed by atoms with Gasteiger partial charge in [-0.1, -0.05) is 23.8 Å². The van der Waals surface area contributed by atoms with Gasteiger partial charge in [-0.2, -0.15) is 0 Å². The molecule has 0 unspecified atom stereocenters. The van der Waals surface area contributed by atoms with Gasteiger partial charge in [-0.3, -0.25) is 4.79 Å². The van der Waals surface area contributed by atoms with Crippen LogP contribution in [-0.2, 0) is 4.79 Å². The normalized spacial score (nSPS) is 13.5. The summed E-state index contributed by atoms with van der Waals surface area (Å²) in [5, 5.41) is 8.70. The number of carbonyl (C=O) groups excluding carboxylic acids is 1. The minimum Gasteiger partial charge on any atom is -0.308 e. The first kappa shape index (κ1) is 17.9. The van der Waals surface area contributed by atoms with Crippen molar-refractivity contribution >= 4 is 34.8 Å². The van der Waals surface area contributed by atoms with Crippen molar-refractivity contribution in [2.75, 3.05) is 18.4 Å². The fraction of sp³-hybridized carbons (Fsp3) is 0.412. The Balaban J connectivity index is 0.00000192. The van der Waals surface area contributed by atoms with Crippen molar-refractivity contribution in [3.63, 3.8) is 0 Å². The fourth-order valence-corrected chi connectivity index (χ4v) is 3.16. The molecule has 0 atom stereocenters. The molecule has 0 spiro atoms. The number of nitrogens with zero attached hydrogens (tertiary/aromatic N) is 1. The van der Waals surface area contributed by atoms with Crippen LogP contribution in [0, 0.1) is 19.8 Å². The van der Waals surface area contributed by atoms with Crippen molar-refractivity contribution < 1.29 is 4.79 Å². The number of rotatable bonds is 6. The van der Waals surface area contributed by atoms with Gasteiger partial charge >= 0.3 is 0 Å². The van der Waals surface area contributed by atoms with Crippen LogP contribution in [0.15, 0.2) is 23.6 Å². The second kappa shape index (κ2) is 7.90. The number of halogens is 1. The van der Waals surface area contributed by atoms with Crippen LogP contribution in [0.3, 0.4) is 0 Å². The van der Waals surface area contributed by atoms with Crippen molar-refractivity contribution in [3.05, 3.63) is 34.7 Å². The lowest BCUT2D eigenvalue weighted by atomic mass is 10.0. The summed E-state index contributed by atoms with van der Waals surface area (Å²) in [6.45, 7) is 5.47. The Morgan fingerprint density at radius 3 is 2.83 bits per heavy atom. The molecule has 3 rings (SSSR count). The zero-order valence-corrected chi connectivity index (χ0v) is 15.0. The van der Waals surface area contributed by atoms with Crippen molar-refractivity contribution in [1.82, 2.24) is 10.3 Å². The van der Waals surface area contributed by atoms with Crippen LogP contribution >= 0.6 is 23.7 Å². The molecule has 1 heterocycles. The van der Waals surface area contributed by atoms with Gasteiger partial charge in [-0.15, -0.1) is 23.7 Å². The third-order valence-corrected chi connectivity index (χ3v) is 4.58. The zero-order valence-electron chi connectivity index (χ0n) is 13.4. The molecule has 0 saturated heterocycles. The van der Waals surface area contributed by atoms with E-state index in [4.69, 9.17) is 0 Å². The molecule has 1 aliphatic carbocycles. The number of thiazole rings is 1. The molecular weight excluding hydrogens is 330 g/mol. The minimum absolute atomic E-state index is 0. The maximum Gasteiger partial charge on any atom is 0.240 e. The average molecular weight is 352 g/mol. The van der Waals surface area contributed by atoms with E-state index in [0.717, 1.165) is 23.7 Å². The van der Waals surface area contributed by atoms with Gasteiger partial charge in [0.2, 0.25) is 5.91 Å². The van der Waals surface area contributed by atoms with Crippen molar-refractivity contribution in [1.29, 1.82) is 0 Å². The van der Waals surface area contributed by atoms with Gasteiger partial charge in [0.25, 0.3) is 0 Å². The lowest BCUT2D eigenvalue weighted by molar-refractivity contribution is -0.115. The number of hydrogen-bond acceptors (Lipinski definition) is 4. The second-order valence-electron chi connectivity index (χ2n) is 5.98. The van der Waals surface area contributed by atoms with Gasteiger partial charge in [-0.25, -0.2) is 4.98 Å². The summed E-state index contributed by atoms with van der Waals surface area (Å²) in [5.74, 6) is 0.756. The molecule has 2 N–H and O–H groups in total. The highest BCUT2D eigenvalue weighted by Gasteiger charge is 2.20. The monoisotopic (exact) mass is 351 g/mol. The molecular formula is C17H22ClN3OS. The highest BCUT2D eigenvalue weighted by molar-refractivity contribution is 7.14.